The molecule has 1 heterocycles. The number of halogens is 1. The van der Waals surface area contributed by atoms with Gasteiger partial charge in [0.1, 0.15) is 0 Å². The molecule has 0 amide bonds. The first-order valence-electron chi connectivity index (χ1n) is 6.42. The highest BCUT2D eigenvalue weighted by Gasteiger charge is 2.22. The minimum atomic E-state index is -3.46. The van der Waals surface area contributed by atoms with Crippen molar-refractivity contribution in [2.75, 3.05) is 13.2 Å². The van der Waals surface area contributed by atoms with E-state index < -0.39 is 10.0 Å². The van der Waals surface area contributed by atoms with Gasteiger partial charge in [0, 0.05) is 17.6 Å². The van der Waals surface area contributed by atoms with E-state index in [9.17, 15) is 8.42 Å². The van der Waals surface area contributed by atoms with E-state index in [4.69, 9.17) is 4.74 Å². The Bertz CT molecular complexity index is 539. The van der Waals surface area contributed by atoms with E-state index in [1.807, 2.05) is 13.0 Å². The normalized spacial score (nSPS) is 19.8. The van der Waals surface area contributed by atoms with E-state index in [1.54, 1.807) is 12.1 Å². The smallest absolute Gasteiger partial charge is 0.240 e. The average Bonchev–Trinajstić information content (AvgIpc) is 2.89. The lowest BCUT2D eigenvalue weighted by Gasteiger charge is -2.13. The largest absolute Gasteiger partial charge is 0.377 e. The minimum absolute atomic E-state index is 0.00954. The Hall–Kier alpha value is -0.430. The van der Waals surface area contributed by atoms with Crippen LogP contribution in [-0.2, 0) is 21.2 Å². The Balaban J connectivity index is 2.14. The highest BCUT2D eigenvalue weighted by atomic mass is 79.9. The number of ether oxygens (including phenoxy) is 1. The molecular weight excluding hydrogens is 330 g/mol. The van der Waals surface area contributed by atoms with Gasteiger partial charge in [-0.1, -0.05) is 22.9 Å². The minimum Gasteiger partial charge on any atom is -0.377 e. The molecule has 19 heavy (non-hydrogen) atoms. The third kappa shape index (κ3) is 3.78. The lowest BCUT2D eigenvalue weighted by atomic mass is 10.2. The van der Waals surface area contributed by atoms with Crippen molar-refractivity contribution in [2.45, 2.75) is 37.2 Å². The van der Waals surface area contributed by atoms with Crippen molar-refractivity contribution in [3.8, 4) is 0 Å². The Morgan fingerprint density at radius 3 is 2.89 bits per heavy atom. The average molecular weight is 348 g/mol. The zero-order valence-electron chi connectivity index (χ0n) is 10.9. The van der Waals surface area contributed by atoms with Crippen LogP contribution in [0.25, 0.3) is 0 Å². The summed E-state index contributed by atoms with van der Waals surface area (Å²) in [5.41, 5.74) is 0.814. The molecule has 106 valence electrons. The van der Waals surface area contributed by atoms with Gasteiger partial charge >= 0.3 is 0 Å². The number of hydrogen-bond acceptors (Lipinski definition) is 3. The molecule has 6 heteroatoms. The van der Waals surface area contributed by atoms with E-state index in [0.717, 1.165) is 29.5 Å². The van der Waals surface area contributed by atoms with Crippen molar-refractivity contribution >= 4 is 26.0 Å². The Kier molecular flexibility index (Phi) is 5.00. The molecular formula is C13H18BrNO3S. The molecule has 1 aromatic carbocycles. The fourth-order valence-electron chi connectivity index (χ4n) is 2.17. The lowest BCUT2D eigenvalue weighted by molar-refractivity contribution is 0.114. The number of nitrogens with one attached hydrogen (secondary N) is 1. The van der Waals surface area contributed by atoms with Crippen molar-refractivity contribution in [3.05, 3.63) is 28.2 Å². The van der Waals surface area contributed by atoms with Crippen molar-refractivity contribution in [1.29, 1.82) is 0 Å². The predicted octanol–water partition coefficient (Wildman–Crippen LogP) is 2.47. The summed E-state index contributed by atoms with van der Waals surface area (Å²) in [5.74, 6) is 0. The molecule has 0 aliphatic carbocycles. The van der Waals surface area contributed by atoms with Gasteiger partial charge in [-0.2, -0.15) is 0 Å². The number of benzene rings is 1. The lowest BCUT2D eigenvalue weighted by Crippen LogP contribution is -2.32. The zero-order chi connectivity index (χ0) is 13.9. The van der Waals surface area contributed by atoms with E-state index in [0.29, 0.717) is 17.9 Å². The Labute approximate surface area is 122 Å². The van der Waals surface area contributed by atoms with Crippen molar-refractivity contribution in [1.82, 2.24) is 4.72 Å². The van der Waals surface area contributed by atoms with E-state index in [1.165, 1.54) is 0 Å². The van der Waals surface area contributed by atoms with Gasteiger partial charge in [-0.3, -0.25) is 0 Å². The summed E-state index contributed by atoms with van der Waals surface area (Å²) in [7, 11) is -3.46. The molecule has 0 spiro atoms. The molecule has 1 atom stereocenters. The van der Waals surface area contributed by atoms with Crippen LogP contribution in [0, 0.1) is 0 Å². The molecule has 0 radical (unpaired) electrons. The van der Waals surface area contributed by atoms with E-state index >= 15 is 0 Å². The predicted molar refractivity (Wildman–Crippen MR) is 77.7 cm³/mol. The third-order valence-corrected chi connectivity index (χ3v) is 5.24. The van der Waals surface area contributed by atoms with Gasteiger partial charge in [-0.15, -0.1) is 0 Å². The fourth-order valence-corrected chi connectivity index (χ4v) is 3.94. The van der Waals surface area contributed by atoms with Gasteiger partial charge in [0.15, 0.2) is 0 Å². The zero-order valence-corrected chi connectivity index (χ0v) is 13.3. The molecule has 0 bridgehead atoms. The molecule has 1 fully saturated rings. The van der Waals surface area contributed by atoms with Gasteiger partial charge in [-0.05, 0) is 43.0 Å². The second kappa shape index (κ2) is 6.35. The van der Waals surface area contributed by atoms with Crippen molar-refractivity contribution < 1.29 is 13.2 Å². The van der Waals surface area contributed by atoms with Crippen LogP contribution in [0.4, 0.5) is 0 Å². The topological polar surface area (TPSA) is 55.4 Å². The van der Waals surface area contributed by atoms with Crippen LogP contribution >= 0.6 is 15.9 Å². The van der Waals surface area contributed by atoms with Crippen LogP contribution in [0.2, 0.25) is 0 Å². The van der Waals surface area contributed by atoms with Crippen LogP contribution in [0.3, 0.4) is 0 Å². The molecule has 0 saturated carbocycles. The Morgan fingerprint density at radius 1 is 1.47 bits per heavy atom. The standard InChI is InChI=1S/C13H18BrNO3S/c1-2-10-8-11(14)5-6-13(10)19(16,17)15-9-12-4-3-7-18-12/h5-6,8,12,15H,2-4,7,9H2,1H3. The Morgan fingerprint density at radius 2 is 2.26 bits per heavy atom. The molecule has 1 N–H and O–H groups in total. The van der Waals surface area contributed by atoms with Gasteiger partial charge in [0.25, 0.3) is 0 Å². The van der Waals surface area contributed by atoms with Gasteiger partial charge < -0.3 is 4.74 Å². The molecule has 2 rings (SSSR count). The highest BCUT2D eigenvalue weighted by Crippen LogP contribution is 2.21. The first kappa shape index (κ1) is 15.0. The van der Waals surface area contributed by atoms with E-state index in [2.05, 4.69) is 20.7 Å². The number of rotatable bonds is 5. The second-order valence-electron chi connectivity index (χ2n) is 4.59. The summed E-state index contributed by atoms with van der Waals surface area (Å²) in [5, 5.41) is 0. The summed E-state index contributed by atoms with van der Waals surface area (Å²) in [6.07, 6.45) is 2.61. The van der Waals surface area contributed by atoms with Crippen molar-refractivity contribution in [3.63, 3.8) is 0 Å². The monoisotopic (exact) mass is 347 g/mol. The number of hydrogen-bond donors (Lipinski definition) is 1. The molecule has 4 nitrogen and oxygen atoms in total. The van der Waals surface area contributed by atoms with Crippen LogP contribution in [0.15, 0.2) is 27.6 Å². The molecule has 1 aliphatic rings. The number of aryl methyl sites for hydroxylation is 1. The maximum absolute atomic E-state index is 12.3. The maximum atomic E-state index is 12.3. The molecule has 1 aliphatic heterocycles. The highest BCUT2D eigenvalue weighted by molar-refractivity contribution is 9.10. The summed E-state index contributed by atoms with van der Waals surface area (Å²) in [6, 6.07) is 5.24. The molecule has 1 saturated heterocycles. The third-order valence-electron chi connectivity index (χ3n) is 3.22. The van der Waals surface area contributed by atoms with Gasteiger partial charge in [0.2, 0.25) is 10.0 Å². The summed E-state index contributed by atoms with van der Waals surface area (Å²) < 4.78 is 33.6. The fraction of sp³-hybridized carbons (Fsp3) is 0.538. The van der Waals surface area contributed by atoms with Crippen LogP contribution in [0.1, 0.15) is 25.3 Å². The molecule has 1 aromatic rings. The molecule has 0 aromatic heterocycles. The summed E-state index contributed by atoms with van der Waals surface area (Å²) in [4.78, 5) is 0.358. The summed E-state index contributed by atoms with van der Waals surface area (Å²) >= 11 is 3.36. The maximum Gasteiger partial charge on any atom is 0.240 e. The van der Waals surface area contributed by atoms with Crippen LogP contribution in [0.5, 0.6) is 0 Å². The first-order chi connectivity index (χ1) is 9.03. The molecule has 1 unspecified atom stereocenters. The first-order valence-corrected chi connectivity index (χ1v) is 8.70. The van der Waals surface area contributed by atoms with Crippen LogP contribution < -0.4 is 4.72 Å². The quantitative estimate of drug-likeness (QED) is 0.889. The summed E-state index contributed by atoms with van der Waals surface area (Å²) in [6.45, 7) is 3.02. The number of sulfonamides is 1. The van der Waals surface area contributed by atoms with Gasteiger partial charge in [0.05, 0.1) is 11.0 Å². The van der Waals surface area contributed by atoms with E-state index in [-0.39, 0.29) is 6.10 Å². The SMILES string of the molecule is CCc1cc(Br)ccc1S(=O)(=O)NCC1CCCO1. The van der Waals surface area contributed by atoms with Crippen LogP contribution in [-0.4, -0.2) is 27.7 Å². The van der Waals surface area contributed by atoms with Crippen molar-refractivity contribution in [2.24, 2.45) is 0 Å². The second-order valence-corrected chi connectivity index (χ2v) is 7.24. The van der Waals surface area contributed by atoms with Gasteiger partial charge in [-0.25, -0.2) is 13.1 Å².